The highest BCUT2D eigenvalue weighted by Gasteiger charge is 2.30. The lowest BCUT2D eigenvalue weighted by molar-refractivity contribution is 0.0992. The van der Waals surface area contributed by atoms with Crippen molar-refractivity contribution in [3.8, 4) is 11.1 Å². The van der Waals surface area contributed by atoms with Crippen molar-refractivity contribution in [1.82, 2.24) is 9.62 Å². The van der Waals surface area contributed by atoms with E-state index < -0.39 is 33.4 Å². The third-order valence-electron chi connectivity index (χ3n) is 5.44. The zero-order valence-corrected chi connectivity index (χ0v) is 17.6. The van der Waals surface area contributed by atoms with E-state index >= 15 is 0 Å². The van der Waals surface area contributed by atoms with Gasteiger partial charge in [-0.05, 0) is 61.7 Å². The summed E-state index contributed by atoms with van der Waals surface area (Å²) >= 11 is 0. The number of halogens is 1. The van der Waals surface area contributed by atoms with Crippen LogP contribution in [0.1, 0.15) is 35.7 Å². The van der Waals surface area contributed by atoms with Gasteiger partial charge in [0.25, 0.3) is 0 Å². The number of ketones is 1. The lowest BCUT2D eigenvalue weighted by atomic mass is 9.98. The first-order chi connectivity index (χ1) is 13.8. The van der Waals surface area contributed by atoms with Gasteiger partial charge in [-0.1, -0.05) is 37.3 Å². The second-order valence-electron chi connectivity index (χ2n) is 7.47. The number of hydrogen-bond acceptors (Lipinski definition) is 4. The molecule has 29 heavy (non-hydrogen) atoms. The van der Waals surface area contributed by atoms with Gasteiger partial charge in [0.2, 0.25) is 10.0 Å². The monoisotopic (exact) mass is 418 g/mol. The van der Waals surface area contributed by atoms with Crippen molar-refractivity contribution in [2.75, 3.05) is 26.2 Å². The fourth-order valence-corrected chi connectivity index (χ4v) is 5.15. The number of rotatable bonds is 7. The Morgan fingerprint density at radius 1 is 1.21 bits per heavy atom. The molecule has 3 rings (SSSR count). The zero-order valence-electron chi connectivity index (χ0n) is 16.8. The van der Waals surface area contributed by atoms with E-state index in [0.717, 1.165) is 30.6 Å². The average molecular weight is 419 g/mol. The van der Waals surface area contributed by atoms with Crippen molar-refractivity contribution in [3.63, 3.8) is 0 Å². The van der Waals surface area contributed by atoms with Crippen LogP contribution in [0.3, 0.4) is 0 Å². The molecule has 0 radical (unpaired) electrons. The Bertz CT molecular complexity index is 977. The topological polar surface area (TPSA) is 66.5 Å². The summed E-state index contributed by atoms with van der Waals surface area (Å²) in [5.41, 5.74) is 1.85. The van der Waals surface area contributed by atoms with Crippen LogP contribution < -0.4 is 4.72 Å². The largest absolute Gasteiger partial charge is 0.302 e. The van der Waals surface area contributed by atoms with Crippen LogP contribution in [0, 0.1) is 12.7 Å². The van der Waals surface area contributed by atoms with Crippen LogP contribution in [0.4, 0.5) is 4.39 Å². The molecule has 1 aliphatic rings. The van der Waals surface area contributed by atoms with Crippen LogP contribution in [0.5, 0.6) is 0 Å². The van der Waals surface area contributed by atoms with E-state index in [1.54, 1.807) is 13.0 Å². The van der Waals surface area contributed by atoms with Crippen LogP contribution in [-0.4, -0.2) is 50.5 Å². The summed E-state index contributed by atoms with van der Waals surface area (Å²) in [6, 6.07) is 12.6. The van der Waals surface area contributed by atoms with E-state index in [1.807, 2.05) is 37.3 Å². The Kier molecular flexibility index (Phi) is 6.82. The fraction of sp³-hybridized carbons (Fsp3) is 0.409. The average Bonchev–Trinajstić information content (AvgIpc) is 2.74. The van der Waals surface area contributed by atoms with Crippen molar-refractivity contribution < 1.29 is 17.6 Å². The van der Waals surface area contributed by atoms with Crippen LogP contribution in [0.2, 0.25) is 0 Å². The van der Waals surface area contributed by atoms with Crippen molar-refractivity contribution in [2.24, 2.45) is 0 Å². The Morgan fingerprint density at radius 3 is 2.62 bits per heavy atom. The number of sulfonamides is 1. The predicted molar refractivity (Wildman–Crippen MR) is 113 cm³/mol. The van der Waals surface area contributed by atoms with E-state index in [4.69, 9.17) is 0 Å². The Labute approximate surface area is 172 Å². The molecule has 5 nitrogen and oxygen atoms in total. The molecule has 2 aromatic carbocycles. The summed E-state index contributed by atoms with van der Waals surface area (Å²) < 4.78 is 42.3. The Balaban J connectivity index is 1.76. The first-order valence-corrected chi connectivity index (χ1v) is 11.5. The Hall–Kier alpha value is -2.09. The highest BCUT2D eigenvalue weighted by Crippen LogP contribution is 2.25. The normalized spacial score (nSPS) is 18.0. The predicted octanol–water partition coefficient (Wildman–Crippen LogP) is 3.39. The van der Waals surface area contributed by atoms with Gasteiger partial charge in [0, 0.05) is 6.54 Å². The minimum Gasteiger partial charge on any atom is -0.302 e. The number of carbonyl (C=O) groups is 1. The van der Waals surface area contributed by atoms with E-state index in [-0.39, 0.29) is 5.56 Å². The standard InChI is InChI=1S/C22H27FN2O3S/c1-3-25-11-7-10-19(15-25)29(27,28)24-14-21(26)20-13-18(12-16(2)22(20)23)17-8-5-4-6-9-17/h4-6,8-9,12-13,19,24H,3,7,10-11,14-15H2,1-2H3. The SMILES string of the molecule is CCN1CCCC(S(=O)(=O)NCC(=O)c2cc(-c3ccccc3)cc(C)c2F)C1. The second-order valence-corrected chi connectivity index (χ2v) is 9.51. The summed E-state index contributed by atoms with van der Waals surface area (Å²) in [7, 11) is -3.65. The van der Waals surface area contributed by atoms with Gasteiger partial charge in [0.1, 0.15) is 5.82 Å². The van der Waals surface area contributed by atoms with Crippen molar-refractivity contribution >= 4 is 15.8 Å². The van der Waals surface area contributed by atoms with Crippen LogP contribution in [0.15, 0.2) is 42.5 Å². The molecule has 0 spiro atoms. The molecule has 156 valence electrons. The molecule has 1 aliphatic heterocycles. The number of nitrogens with zero attached hydrogens (tertiary/aromatic N) is 1. The molecule has 1 saturated heterocycles. The summed E-state index contributed by atoms with van der Waals surface area (Å²) in [6.45, 7) is 5.29. The molecule has 0 aliphatic carbocycles. The van der Waals surface area contributed by atoms with Gasteiger partial charge in [-0.15, -0.1) is 0 Å². The number of piperidine rings is 1. The first-order valence-electron chi connectivity index (χ1n) is 9.91. The molecule has 1 fully saturated rings. The summed E-state index contributed by atoms with van der Waals surface area (Å²) in [5, 5.41) is -0.550. The maximum atomic E-state index is 14.6. The molecule has 1 unspecified atom stereocenters. The van der Waals surface area contributed by atoms with Gasteiger partial charge in [-0.25, -0.2) is 17.5 Å². The molecule has 0 aromatic heterocycles. The van der Waals surface area contributed by atoms with Gasteiger partial charge in [-0.2, -0.15) is 0 Å². The molecule has 7 heteroatoms. The van der Waals surface area contributed by atoms with Gasteiger partial charge in [0.05, 0.1) is 17.4 Å². The third kappa shape index (κ3) is 5.10. The molecule has 2 aromatic rings. The van der Waals surface area contributed by atoms with Gasteiger partial charge in [-0.3, -0.25) is 4.79 Å². The summed E-state index contributed by atoms with van der Waals surface area (Å²) in [4.78, 5) is 14.8. The van der Waals surface area contributed by atoms with Gasteiger partial charge in [0.15, 0.2) is 5.78 Å². The Morgan fingerprint density at radius 2 is 1.93 bits per heavy atom. The highest BCUT2D eigenvalue weighted by atomic mass is 32.2. The molecule has 1 atom stereocenters. The van der Waals surface area contributed by atoms with E-state index in [0.29, 0.717) is 18.5 Å². The third-order valence-corrected chi connectivity index (χ3v) is 7.25. The fourth-order valence-electron chi connectivity index (χ4n) is 3.70. The minimum atomic E-state index is -3.65. The number of nitrogens with one attached hydrogen (secondary N) is 1. The zero-order chi connectivity index (χ0) is 21.0. The maximum Gasteiger partial charge on any atom is 0.216 e. The van der Waals surface area contributed by atoms with Gasteiger partial charge >= 0.3 is 0 Å². The molecular weight excluding hydrogens is 391 g/mol. The van der Waals surface area contributed by atoms with Crippen molar-refractivity contribution in [2.45, 2.75) is 31.9 Å². The first kappa shape index (κ1) is 21.6. The smallest absolute Gasteiger partial charge is 0.216 e. The number of benzene rings is 2. The highest BCUT2D eigenvalue weighted by molar-refractivity contribution is 7.90. The number of likely N-dealkylation sites (tertiary alicyclic amines) is 1. The lowest BCUT2D eigenvalue weighted by Crippen LogP contribution is -2.47. The summed E-state index contributed by atoms with van der Waals surface area (Å²) in [6.07, 6.45) is 1.37. The van der Waals surface area contributed by atoms with Crippen LogP contribution in [0.25, 0.3) is 11.1 Å². The van der Waals surface area contributed by atoms with E-state index in [9.17, 15) is 17.6 Å². The van der Waals surface area contributed by atoms with Crippen molar-refractivity contribution in [1.29, 1.82) is 0 Å². The number of Topliss-reactive ketones (excluding diaryl/α,β-unsaturated/α-hetero) is 1. The minimum absolute atomic E-state index is 0.0922. The van der Waals surface area contributed by atoms with Crippen LogP contribution >= 0.6 is 0 Å². The van der Waals surface area contributed by atoms with E-state index in [2.05, 4.69) is 9.62 Å². The molecular formula is C22H27FN2O3S. The molecule has 0 saturated carbocycles. The van der Waals surface area contributed by atoms with Gasteiger partial charge < -0.3 is 4.90 Å². The number of carbonyl (C=O) groups excluding carboxylic acids is 1. The lowest BCUT2D eigenvalue weighted by Gasteiger charge is -2.31. The molecule has 0 bridgehead atoms. The number of aryl methyl sites for hydroxylation is 1. The van der Waals surface area contributed by atoms with Crippen LogP contribution in [-0.2, 0) is 10.0 Å². The van der Waals surface area contributed by atoms with E-state index in [1.165, 1.54) is 6.07 Å². The molecule has 1 N–H and O–H groups in total. The van der Waals surface area contributed by atoms with Crippen molar-refractivity contribution in [3.05, 3.63) is 59.4 Å². The maximum absolute atomic E-state index is 14.6. The quantitative estimate of drug-likeness (QED) is 0.700. The summed E-state index contributed by atoms with van der Waals surface area (Å²) in [5.74, 6) is -1.18. The molecule has 0 amide bonds. The number of hydrogen-bond donors (Lipinski definition) is 1. The second kappa shape index (κ2) is 9.15. The molecule has 1 heterocycles.